The minimum Gasteiger partial charge on any atom is -0.487 e. The average Bonchev–Trinajstić information content (AvgIpc) is 2.73. The molecule has 6 heteroatoms. The molecule has 3 aromatic rings. The number of aromatic amines is 1. The lowest BCUT2D eigenvalue weighted by atomic mass is 9.98. The van der Waals surface area contributed by atoms with Crippen LogP contribution in [0, 0.1) is 6.92 Å². The van der Waals surface area contributed by atoms with Gasteiger partial charge in [-0.25, -0.2) is 0 Å². The second-order valence-corrected chi connectivity index (χ2v) is 8.88. The van der Waals surface area contributed by atoms with Crippen LogP contribution in [-0.2, 0) is 24.4 Å². The third-order valence-corrected chi connectivity index (χ3v) is 5.76. The normalized spacial score (nSPS) is 13.9. The Labute approximate surface area is 181 Å². The first-order valence-electron chi connectivity index (χ1n) is 10.6. The molecule has 2 N–H and O–H groups in total. The third kappa shape index (κ3) is 4.64. The van der Waals surface area contributed by atoms with Gasteiger partial charge in [-0.3, -0.25) is 9.59 Å². The molecular formula is C25H28N2O4. The highest BCUT2D eigenvalue weighted by Gasteiger charge is 2.26. The first-order valence-corrected chi connectivity index (χ1v) is 10.6. The van der Waals surface area contributed by atoms with Crippen LogP contribution in [0.2, 0.25) is 0 Å². The molecule has 0 fully saturated rings. The van der Waals surface area contributed by atoms with Crippen molar-refractivity contribution in [3.63, 3.8) is 0 Å². The zero-order chi connectivity index (χ0) is 22.2. The number of H-pyrrole nitrogens is 1. The quantitative estimate of drug-likeness (QED) is 0.662. The Morgan fingerprint density at radius 1 is 1.19 bits per heavy atom. The molecule has 162 valence electrons. The van der Waals surface area contributed by atoms with Crippen LogP contribution < -0.4 is 10.2 Å². The maximum Gasteiger partial charge on any atom is 0.225 e. The van der Waals surface area contributed by atoms with Crippen LogP contribution in [0.25, 0.3) is 10.9 Å². The molecule has 1 aromatic heterocycles. The molecule has 0 aliphatic carbocycles. The summed E-state index contributed by atoms with van der Waals surface area (Å²) in [4.78, 5) is 30.1. The molecule has 2 aromatic carbocycles. The van der Waals surface area contributed by atoms with Crippen LogP contribution in [0.4, 0.5) is 0 Å². The number of fused-ring (bicyclic) bond motifs is 2. The van der Waals surface area contributed by atoms with Crippen LogP contribution in [0.5, 0.6) is 5.75 Å². The van der Waals surface area contributed by atoms with Crippen LogP contribution in [0.15, 0.2) is 47.3 Å². The molecule has 0 spiro atoms. The first-order chi connectivity index (χ1) is 14.7. The van der Waals surface area contributed by atoms with Crippen molar-refractivity contribution in [2.75, 3.05) is 6.54 Å². The number of para-hydroxylation sites is 1. The van der Waals surface area contributed by atoms with E-state index in [4.69, 9.17) is 4.74 Å². The molecule has 0 saturated heterocycles. The van der Waals surface area contributed by atoms with E-state index in [9.17, 15) is 14.7 Å². The molecule has 31 heavy (non-hydrogen) atoms. The first kappa shape index (κ1) is 21.1. The lowest BCUT2D eigenvalue weighted by Gasteiger charge is -2.31. The van der Waals surface area contributed by atoms with Crippen LogP contribution in [-0.4, -0.2) is 33.0 Å². The number of aromatic nitrogens is 1. The van der Waals surface area contributed by atoms with Crippen molar-refractivity contribution >= 4 is 16.8 Å². The number of rotatable bonds is 5. The number of carbonyl (C=O) groups is 1. The van der Waals surface area contributed by atoms with E-state index in [0.717, 1.165) is 34.5 Å². The van der Waals surface area contributed by atoms with Gasteiger partial charge in [-0.1, -0.05) is 18.2 Å². The third-order valence-electron chi connectivity index (χ3n) is 5.76. The molecule has 0 radical (unpaired) electrons. The highest BCUT2D eigenvalue weighted by Crippen LogP contribution is 2.26. The molecule has 0 saturated carbocycles. The van der Waals surface area contributed by atoms with Gasteiger partial charge in [0.05, 0.1) is 17.7 Å². The fourth-order valence-corrected chi connectivity index (χ4v) is 4.00. The Bertz CT molecular complexity index is 1190. The van der Waals surface area contributed by atoms with Gasteiger partial charge in [0.1, 0.15) is 12.4 Å². The maximum absolute atomic E-state index is 12.6. The van der Waals surface area contributed by atoms with Crippen molar-refractivity contribution in [1.29, 1.82) is 0 Å². The number of benzene rings is 2. The van der Waals surface area contributed by atoms with Crippen molar-refractivity contribution in [2.24, 2.45) is 0 Å². The Balaban J connectivity index is 1.47. The van der Waals surface area contributed by atoms with Gasteiger partial charge >= 0.3 is 0 Å². The molecule has 1 amide bonds. The molecule has 1 aliphatic rings. The Morgan fingerprint density at radius 2 is 1.97 bits per heavy atom. The summed E-state index contributed by atoms with van der Waals surface area (Å²) in [6.45, 7) is 6.56. The number of ether oxygens (including phenoxy) is 1. The number of amides is 1. The van der Waals surface area contributed by atoms with Gasteiger partial charge in [0.25, 0.3) is 0 Å². The molecule has 0 bridgehead atoms. The highest BCUT2D eigenvalue weighted by molar-refractivity contribution is 5.79. The van der Waals surface area contributed by atoms with E-state index in [1.807, 2.05) is 49.4 Å². The smallest absolute Gasteiger partial charge is 0.225 e. The predicted octanol–water partition coefficient (Wildman–Crippen LogP) is 3.46. The minimum absolute atomic E-state index is 0.0224. The van der Waals surface area contributed by atoms with E-state index in [2.05, 4.69) is 4.98 Å². The van der Waals surface area contributed by atoms with E-state index < -0.39 is 5.60 Å². The van der Waals surface area contributed by atoms with Crippen molar-refractivity contribution in [3.05, 3.63) is 75.1 Å². The van der Waals surface area contributed by atoms with E-state index in [-0.39, 0.29) is 24.4 Å². The van der Waals surface area contributed by atoms with Gasteiger partial charge in [-0.05, 0) is 62.6 Å². The van der Waals surface area contributed by atoms with Gasteiger partial charge < -0.3 is 19.7 Å². The van der Waals surface area contributed by atoms with E-state index >= 15 is 0 Å². The van der Waals surface area contributed by atoms with Gasteiger partial charge in [-0.2, -0.15) is 0 Å². The SMILES string of the molecule is Cc1c(COc2ccc3c(c2)CCN(C(=O)CC(C)(C)O)C3)[nH]c2ccccc2c1=O. The lowest BCUT2D eigenvalue weighted by molar-refractivity contribution is -0.136. The van der Waals surface area contributed by atoms with Crippen molar-refractivity contribution in [1.82, 2.24) is 9.88 Å². The minimum atomic E-state index is -1.00. The number of nitrogens with zero attached hydrogens (tertiary/aromatic N) is 1. The topological polar surface area (TPSA) is 82.6 Å². The second kappa shape index (κ2) is 8.19. The molecule has 6 nitrogen and oxygen atoms in total. The standard InChI is InChI=1S/C25H28N2O4/c1-16-22(26-21-7-5-4-6-20(21)24(16)29)15-31-19-9-8-18-14-27(11-10-17(18)12-19)23(28)13-25(2,3)30/h4-9,12,30H,10-11,13-15H2,1-3H3,(H,26,29). The highest BCUT2D eigenvalue weighted by atomic mass is 16.5. The summed E-state index contributed by atoms with van der Waals surface area (Å²) in [6, 6.07) is 13.4. The molecule has 1 aliphatic heterocycles. The summed E-state index contributed by atoms with van der Waals surface area (Å²) in [5.41, 5.74) is 3.51. The van der Waals surface area contributed by atoms with Crippen molar-refractivity contribution in [3.8, 4) is 5.75 Å². The number of pyridine rings is 1. The Hall–Kier alpha value is -3.12. The Morgan fingerprint density at radius 3 is 2.74 bits per heavy atom. The van der Waals surface area contributed by atoms with Crippen molar-refractivity contribution in [2.45, 2.75) is 52.4 Å². The fourth-order valence-electron chi connectivity index (χ4n) is 4.00. The van der Waals surface area contributed by atoms with Gasteiger partial charge in [0.15, 0.2) is 5.43 Å². The zero-order valence-electron chi connectivity index (χ0n) is 18.2. The van der Waals surface area contributed by atoms with Gasteiger partial charge in [0, 0.05) is 29.6 Å². The van der Waals surface area contributed by atoms with Crippen LogP contribution in [0.3, 0.4) is 0 Å². The predicted molar refractivity (Wildman–Crippen MR) is 120 cm³/mol. The zero-order valence-corrected chi connectivity index (χ0v) is 18.2. The number of hydrogen-bond acceptors (Lipinski definition) is 4. The Kier molecular flexibility index (Phi) is 5.58. The van der Waals surface area contributed by atoms with Crippen LogP contribution >= 0.6 is 0 Å². The summed E-state index contributed by atoms with van der Waals surface area (Å²) in [5.74, 6) is 0.706. The summed E-state index contributed by atoms with van der Waals surface area (Å²) in [7, 11) is 0. The molecule has 0 unspecified atom stereocenters. The van der Waals surface area contributed by atoms with Crippen molar-refractivity contribution < 1.29 is 14.6 Å². The molecule has 2 heterocycles. The van der Waals surface area contributed by atoms with Gasteiger partial charge in [-0.15, -0.1) is 0 Å². The number of hydrogen-bond donors (Lipinski definition) is 2. The fraction of sp³-hybridized carbons (Fsp3) is 0.360. The molecule has 4 rings (SSSR count). The second-order valence-electron chi connectivity index (χ2n) is 8.88. The van der Waals surface area contributed by atoms with E-state index in [1.165, 1.54) is 0 Å². The van der Waals surface area contributed by atoms with Gasteiger partial charge in [0.2, 0.25) is 5.91 Å². The largest absolute Gasteiger partial charge is 0.487 e. The van der Waals surface area contributed by atoms with E-state index in [1.54, 1.807) is 18.7 Å². The van der Waals surface area contributed by atoms with E-state index in [0.29, 0.717) is 24.0 Å². The summed E-state index contributed by atoms with van der Waals surface area (Å²) in [5, 5.41) is 10.6. The number of carbonyl (C=O) groups excluding carboxylic acids is 1. The molecular weight excluding hydrogens is 392 g/mol. The van der Waals surface area contributed by atoms with Crippen LogP contribution in [0.1, 0.15) is 42.7 Å². The number of nitrogens with one attached hydrogen (secondary N) is 1. The number of aliphatic hydroxyl groups is 1. The summed E-state index contributed by atoms with van der Waals surface area (Å²) >= 11 is 0. The summed E-state index contributed by atoms with van der Waals surface area (Å²) < 4.78 is 6.00. The molecule has 0 atom stereocenters. The maximum atomic E-state index is 12.6. The summed E-state index contributed by atoms with van der Waals surface area (Å²) in [6.07, 6.45) is 0.864. The average molecular weight is 421 g/mol. The lowest BCUT2D eigenvalue weighted by Crippen LogP contribution is -2.39. The monoisotopic (exact) mass is 420 g/mol.